The normalized spacial score (nSPS) is 16.6. The molecule has 2 heterocycles. The Morgan fingerprint density at radius 1 is 1.21 bits per heavy atom. The Kier molecular flexibility index (Phi) is 4.65. The summed E-state index contributed by atoms with van der Waals surface area (Å²) in [6.07, 6.45) is 1.95. The highest BCUT2D eigenvalue weighted by atomic mass is 35.5. The molecule has 7 heteroatoms. The maximum Gasteiger partial charge on any atom is 0.293 e. The summed E-state index contributed by atoms with van der Waals surface area (Å²) in [5, 5.41) is 3.83. The van der Waals surface area contributed by atoms with E-state index in [2.05, 4.69) is 10.3 Å². The van der Waals surface area contributed by atoms with E-state index in [9.17, 15) is 14.4 Å². The van der Waals surface area contributed by atoms with Gasteiger partial charge in [0.15, 0.2) is 0 Å². The number of halogens is 1. The van der Waals surface area contributed by atoms with Crippen LogP contribution in [0.5, 0.6) is 0 Å². The highest BCUT2D eigenvalue weighted by Gasteiger charge is 2.35. The molecule has 6 nitrogen and oxygen atoms in total. The van der Waals surface area contributed by atoms with Crippen LogP contribution in [0.2, 0.25) is 5.02 Å². The Bertz CT molecular complexity index is 1110. The predicted molar refractivity (Wildman–Crippen MR) is 108 cm³/mol. The van der Waals surface area contributed by atoms with Gasteiger partial charge in [-0.2, -0.15) is 0 Å². The zero-order valence-electron chi connectivity index (χ0n) is 15.2. The molecule has 1 aliphatic heterocycles. The summed E-state index contributed by atoms with van der Waals surface area (Å²) in [5.74, 6) is -1.70. The molecule has 28 heavy (non-hydrogen) atoms. The molecule has 2 aromatic carbocycles. The number of fused-ring (bicyclic) bond motifs is 1. The van der Waals surface area contributed by atoms with E-state index in [0.29, 0.717) is 34.6 Å². The zero-order chi connectivity index (χ0) is 19.8. The third-order valence-electron chi connectivity index (χ3n) is 5.02. The van der Waals surface area contributed by atoms with Gasteiger partial charge in [0.25, 0.3) is 11.7 Å². The maximum absolute atomic E-state index is 12.7. The molecule has 1 aliphatic rings. The molecule has 0 radical (unpaired) electrons. The molecule has 0 aliphatic carbocycles. The lowest BCUT2D eigenvalue weighted by molar-refractivity contribution is -0.124. The standard InChI is InChI=1S/C21H18ClN3O3/c1-12-6-7-13(10-16(12)22)25-9-8-18(21(25)28)24-20(27)19(26)15-11-23-17-5-3-2-4-14(15)17/h2-7,10-11,18,23H,8-9H2,1H3,(H,24,27). The molecule has 0 spiro atoms. The van der Waals surface area contributed by atoms with Crippen molar-refractivity contribution < 1.29 is 14.4 Å². The number of benzene rings is 2. The highest BCUT2D eigenvalue weighted by molar-refractivity contribution is 6.45. The number of para-hydroxylation sites is 1. The Morgan fingerprint density at radius 3 is 2.79 bits per heavy atom. The van der Waals surface area contributed by atoms with E-state index >= 15 is 0 Å². The third kappa shape index (κ3) is 3.16. The minimum Gasteiger partial charge on any atom is -0.360 e. The first-order valence-corrected chi connectivity index (χ1v) is 9.32. The fourth-order valence-electron chi connectivity index (χ4n) is 3.43. The lowest BCUT2D eigenvalue weighted by Crippen LogP contribution is -2.44. The van der Waals surface area contributed by atoms with Crippen molar-refractivity contribution in [3.8, 4) is 0 Å². The van der Waals surface area contributed by atoms with E-state index in [4.69, 9.17) is 11.6 Å². The minimum atomic E-state index is -0.785. The van der Waals surface area contributed by atoms with Gasteiger partial charge in [-0.1, -0.05) is 35.9 Å². The Labute approximate surface area is 166 Å². The number of hydrogen-bond acceptors (Lipinski definition) is 3. The van der Waals surface area contributed by atoms with E-state index < -0.39 is 17.7 Å². The number of anilines is 1. The highest BCUT2D eigenvalue weighted by Crippen LogP contribution is 2.27. The van der Waals surface area contributed by atoms with Gasteiger partial charge < -0.3 is 15.2 Å². The van der Waals surface area contributed by atoms with Crippen LogP contribution < -0.4 is 10.2 Å². The SMILES string of the molecule is Cc1ccc(N2CCC(NC(=O)C(=O)c3c[nH]c4ccccc34)C2=O)cc1Cl. The Morgan fingerprint density at radius 2 is 2.00 bits per heavy atom. The quantitative estimate of drug-likeness (QED) is 0.525. The molecule has 0 bridgehead atoms. The second kappa shape index (κ2) is 7.13. The van der Waals surface area contributed by atoms with Crippen molar-refractivity contribution in [1.29, 1.82) is 0 Å². The second-order valence-corrected chi connectivity index (χ2v) is 7.22. The average Bonchev–Trinajstić information content (AvgIpc) is 3.27. The maximum atomic E-state index is 12.7. The summed E-state index contributed by atoms with van der Waals surface area (Å²) in [4.78, 5) is 42.3. The molecule has 2 amide bonds. The lowest BCUT2D eigenvalue weighted by Gasteiger charge is -2.18. The Hall–Kier alpha value is -3.12. The molecular weight excluding hydrogens is 378 g/mol. The minimum absolute atomic E-state index is 0.250. The monoisotopic (exact) mass is 395 g/mol. The van der Waals surface area contributed by atoms with Crippen molar-refractivity contribution in [3.63, 3.8) is 0 Å². The van der Waals surface area contributed by atoms with Crippen molar-refractivity contribution in [2.75, 3.05) is 11.4 Å². The first-order chi connectivity index (χ1) is 13.5. The molecule has 1 atom stereocenters. The third-order valence-corrected chi connectivity index (χ3v) is 5.43. The molecule has 4 rings (SSSR count). The number of H-pyrrole nitrogens is 1. The van der Waals surface area contributed by atoms with Gasteiger partial charge >= 0.3 is 0 Å². The van der Waals surface area contributed by atoms with Crippen LogP contribution in [-0.4, -0.2) is 35.2 Å². The van der Waals surface area contributed by atoms with Gasteiger partial charge in [0, 0.05) is 34.4 Å². The number of aryl methyl sites for hydroxylation is 1. The summed E-state index contributed by atoms with van der Waals surface area (Å²) in [6, 6.07) is 11.9. The lowest BCUT2D eigenvalue weighted by atomic mass is 10.1. The van der Waals surface area contributed by atoms with Crippen molar-refractivity contribution >= 4 is 45.8 Å². The number of Topliss-reactive ketones (excluding diaryl/α,β-unsaturated/α-hetero) is 1. The van der Waals surface area contributed by atoms with Crippen molar-refractivity contribution in [2.24, 2.45) is 0 Å². The van der Waals surface area contributed by atoms with Crippen LogP contribution in [0.25, 0.3) is 10.9 Å². The summed E-state index contributed by atoms with van der Waals surface area (Å²) in [5.41, 5.74) is 2.67. The Balaban J connectivity index is 1.48. The van der Waals surface area contributed by atoms with Crippen LogP contribution >= 0.6 is 11.6 Å². The number of amides is 2. The van der Waals surface area contributed by atoms with E-state index in [0.717, 1.165) is 11.1 Å². The number of ketones is 1. The number of carbonyl (C=O) groups excluding carboxylic acids is 3. The fourth-order valence-corrected chi connectivity index (χ4v) is 3.60. The van der Waals surface area contributed by atoms with Crippen LogP contribution in [0.1, 0.15) is 22.3 Å². The largest absolute Gasteiger partial charge is 0.360 e. The van der Waals surface area contributed by atoms with E-state index in [1.807, 2.05) is 31.2 Å². The first kappa shape index (κ1) is 18.3. The zero-order valence-corrected chi connectivity index (χ0v) is 15.9. The van der Waals surface area contributed by atoms with Gasteiger partial charge in [0.05, 0.1) is 5.56 Å². The van der Waals surface area contributed by atoms with Crippen molar-refractivity contribution in [1.82, 2.24) is 10.3 Å². The molecular formula is C21H18ClN3O3. The van der Waals surface area contributed by atoms with E-state index in [-0.39, 0.29) is 5.91 Å². The van der Waals surface area contributed by atoms with E-state index in [1.165, 1.54) is 6.20 Å². The number of hydrogen-bond donors (Lipinski definition) is 2. The molecule has 1 aromatic heterocycles. The van der Waals surface area contributed by atoms with Gasteiger partial charge in [-0.25, -0.2) is 0 Å². The number of aromatic amines is 1. The predicted octanol–water partition coefficient (Wildman–Crippen LogP) is 3.23. The van der Waals surface area contributed by atoms with Crippen LogP contribution in [0, 0.1) is 6.92 Å². The number of nitrogens with one attached hydrogen (secondary N) is 2. The van der Waals surface area contributed by atoms with Crippen LogP contribution in [0.4, 0.5) is 5.69 Å². The van der Waals surface area contributed by atoms with Gasteiger partial charge in [-0.15, -0.1) is 0 Å². The smallest absolute Gasteiger partial charge is 0.293 e. The number of carbonyl (C=O) groups is 3. The molecule has 1 fully saturated rings. The average molecular weight is 396 g/mol. The topological polar surface area (TPSA) is 82.3 Å². The van der Waals surface area contributed by atoms with Crippen LogP contribution in [0.15, 0.2) is 48.7 Å². The van der Waals surface area contributed by atoms with Gasteiger partial charge in [-0.05, 0) is 37.1 Å². The summed E-state index contributed by atoms with van der Waals surface area (Å²) < 4.78 is 0. The van der Waals surface area contributed by atoms with Crippen LogP contribution in [-0.2, 0) is 9.59 Å². The first-order valence-electron chi connectivity index (χ1n) is 8.94. The summed E-state index contributed by atoms with van der Waals surface area (Å²) in [6.45, 7) is 2.34. The number of nitrogens with zero attached hydrogens (tertiary/aromatic N) is 1. The van der Waals surface area contributed by atoms with Crippen molar-refractivity contribution in [2.45, 2.75) is 19.4 Å². The molecule has 1 saturated heterocycles. The fraction of sp³-hybridized carbons (Fsp3) is 0.190. The molecule has 3 aromatic rings. The molecule has 142 valence electrons. The summed E-state index contributed by atoms with van der Waals surface area (Å²) >= 11 is 6.15. The van der Waals surface area contributed by atoms with E-state index in [1.54, 1.807) is 23.1 Å². The molecule has 2 N–H and O–H groups in total. The summed E-state index contributed by atoms with van der Waals surface area (Å²) in [7, 11) is 0. The molecule has 1 unspecified atom stereocenters. The van der Waals surface area contributed by atoms with Gasteiger partial charge in [0.2, 0.25) is 5.91 Å². The number of aromatic nitrogens is 1. The molecule has 0 saturated carbocycles. The van der Waals surface area contributed by atoms with Crippen LogP contribution in [0.3, 0.4) is 0 Å². The number of rotatable bonds is 4. The van der Waals surface area contributed by atoms with Gasteiger partial charge in [-0.3, -0.25) is 14.4 Å². The van der Waals surface area contributed by atoms with Gasteiger partial charge in [0.1, 0.15) is 6.04 Å². The second-order valence-electron chi connectivity index (χ2n) is 6.82. The van der Waals surface area contributed by atoms with Crippen molar-refractivity contribution in [3.05, 3.63) is 64.8 Å².